The predicted molar refractivity (Wildman–Crippen MR) is 102 cm³/mol. The molecule has 25 heavy (non-hydrogen) atoms. The van der Waals surface area contributed by atoms with Gasteiger partial charge in [-0.15, -0.1) is 6.58 Å². The highest BCUT2D eigenvalue weighted by atomic mass is 32.2. The molecule has 0 aliphatic rings. The quantitative estimate of drug-likeness (QED) is 0.616. The van der Waals surface area contributed by atoms with Crippen LogP contribution < -0.4 is 14.8 Å². The van der Waals surface area contributed by atoms with Crippen LogP contribution in [0.25, 0.3) is 10.2 Å². The number of nitrogens with one attached hydrogen (secondary N) is 2. The lowest BCUT2D eigenvalue weighted by atomic mass is 10.3. The van der Waals surface area contributed by atoms with Crippen LogP contribution in [0, 0.1) is 0 Å². The van der Waals surface area contributed by atoms with Crippen molar-refractivity contribution in [2.75, 3.05) is 23.7 Å². The number of sulfonamides is 1. The van der Waals surface area contributed by atoms with Crippen molar-refractivity contribution in [3.05, 3.63) is 55.1 Å². The number of hydrogen-bond donors (Lipinski definition) is 2. The first kappa shape index (κ1) is 17.2. The van der Waals surface area contributed by atoms with E-state index in [4.69, 9.17) is 4.74 Å². The normalized spacial score (nSPS) is 11.2. The van der Waals surface area contributed by atoms with E-state index in [2.05, 4.69) is 21.6 Å². The van der Waals surface area contributed by atoms with Crippen molar-refractivity contribution in [2.24, 2.45) is 0 Å². The number of aromatic nitrogens is 1. The summed E-state index contributed by atoms with van der Waals surface area (Å²) in [6.07, 6.45) is 1.70. The molecule has 0 saturated heterocycles. The van der Waals surface area contributed by atoms with Gasteiger partial charge in [-0.05, 0) is 36.4 Å². The van der Waals surface area contributed by atoms with Crippen LogP contribution in [0.4, 0.5) is 10.8 Å². The largest absolute Gasteiger partial charge is 0.497 e. The van der Waals surface area contributed by atoms with Crippen LogP contribution in [0.2, 0.25) is 0 Å². The minimum atomic E-state index is -3.72. The molecule has 0 fully saturated rings. The maximum absolute atomic E-state index is 12.6. The molecule has 1 heterocycles. The second-order valence-corrected chi connectivity index (χ2v) is 7.87. The number of benzene rings is 2. The van der Waals surface area contributed by atoms with Gasteiger partial charge in [-0.1, -0.05) is 23.5 Å². The number of nitrogens with zero attached hydrogens (tertiary/aromatic N) is 1. The maximum Gasteiger partial charge on any atom is 0.263 e. The van der Waals surface area contributed by atoms with Crippen LogP contribution in [0.15, 0.2) is 60.0 Å². The van der Waals surface area contributed by atoms with Crippen molar-refractivity contribution in [1.82, 2.24) is 4.98 Å². The predicted octanol–water partition coefficient (Wildman–Crippen LogP) is 3.70. The smallest absolute Gasteiger partial charge is 0.263 e. The van der Waals surface area contributed by atoms with Crippen molar-refractivity contribution < 1.29 is 13.2 Å². The average molecular weight is 375 g/mol. The van der Waals surface area contributed by atoms with Crippen molar-refractivity contribution in [2.45, 2.75) is 4.90 Å². The maximum atomic E-state index is 12.6. The molecule has 3 rings (SSSR count). The van der Waals surface area contributed by atoms with E-state index >= 15 is 0 Å². The van der Waals surface area contributed by atoms with E-state index in [1.807, 2.05) is 6.07 Å². The topological polar surface area (TPSA) is 80.3 Å². The van der Waals surface area contributed by atoms with Gasteiger partial charge in [-0.2, -0.15) is 0 Å². The number of rotatable bonds is 7. The van der Waals surface area contributed by atoms with Crippen LogP contribution in [0.1, 0.15) is 0 Å². The molecule has 6 nitrogen and oxygen atoms in total. The Balaban J connectivity index is 1.87. The van der Waals surface area contributed by atoms with Gasteiger partial charge < -0.3 is 10.1 Å². The summed E-state index contributed by atoms with van der Waals surface area (Å²) in [7, 11) is -2.14. The number of ether oxygens (including phenoxy) is 1. The van der Waals surface area contributed by atoms with Crippen molar-refractivity contribution >= 4 is 42.4 Å². The molecule has 0 aliphatic carbocycles. The molecule has 3 aromatic rings. The fourth-order valence-corrected chi connectivity index (χ4v) is 4.39. The summed E-state index contributed by atoms with van der Waals surface area (Å²) in [6, 6.07) is 12.0. The molecule has 0 bridgehead atoms. The zero-order valence-electron chi connectivity index (χ0n) is 13.5. The molecule has 0 saturated carbocycles. The molecule has 1 aromatic heterocycles. The van der Waals surface area contributed by atoms with Gasteiger partial charge in [0.15, 0.2) is 5.13 Å². The van der Waals surface area contributed by atoms with Crippen LogP contribution in [-0.4, -0.2) is 27.1 Å². The second-order valence-electron chi connectivity index (χ2n) is 5.16. The Morgan fingerprint density at radius 2 is 2.12 bits per heavy atom. The first-order valence-corrected chi connectivity index (χ1v) is 9.74. The molecule has 130 valence electrons. The summed E-state index contributed by atoms with van der Waals surface area (Å²) in [6.45, 7) is 4.18. The zero-order valence-corrected chi connectivity index (χ0v) is 15.2. The number of methoxy groups -OCH3 is 1. The molecule has 8 heteroatoms. The molecule has 2 N–H and O–H groups in total. The van der Waals surface area contributed by atoms with Crippen molar-refractivity contribution in [3.63, 3.8) is 0 Å². The Kier molecular flexibility index (Phi) is 4.91. The number of thiazole rings is 1. The van der Waals surface area contributed by atoms with Crippen LogP contribution >= 0.6 is 11.3 Å². The third kappa shape index (κ3) is 3.92. The molecule has 0 aliphatic heterocycles. The molecule has 0 spiro atoms. The Bertz CT molecular complexity index is 1010. The lowest BCUT2D eigenvalue weighted by molar-refractivity contribution is 0.415. The van der Waals surface area contributed by atoms with E-state index in [0.29, 0.717) is 28.6 Å². The van der Waals surface area contributed by atoms with Gasteiger partial charge in [0.2, 0.25) is 0 Å². The molecular formula is C17H17N3O3S2. The number of hydrogen-bond acceptors (Lipinski definition) is 6. The van der Waals surface area contributed by atoms with Gasteiger partial charge in [0, 0.05) is 12.2 Å². The molecule has 0 amide bonds. The Hall–Kier alpha value is -2.58. The third-order valence-electron chi connectivity index (χ3n) is 3.41. The lowest BCUT2D eigenvalue weighted by Gasteiger charge is -2.08. The highest BCUT2D eigenvalue weighted by Gasteiger charge is 2.17. The van der Waals surface area contributed by atoms with Crippen LogP contribution in [0.5, 0.6) is 5.75 Å². The van der Waals surface area contributed by atoms with Crippen LogP contribution in [0.3, 0.4) is 0 Å². The highest BCUT2D eigenvalue weighted by molar-refractivity contribution is 7.93. The summed E-state index contributed by atoms with van der Waals surface area (Å²) in [5.74, 6) is 0.701. The number of anilines is 2. The Morgan fingerprint density at radius 3 is 2.88 bits per heavy atom. The van der Waals surface area contributed by atoms with Crippen molar-refractivity contribution in [3.8, 4) is 5.75 Å². The molecule has 0 atom stereocenters. The monoisotopic (exact) mass is 375 g/mol. The average Bonchev–Trinajstić information content (AvgIpc) is 3.00. The van der Waals surface area contributed by atoms with Gasteiger partial charge in [-0.3, -0.25) is 4.72 Å². The third-order valence-corrected chi connectivity index (χ3v) is 5.81. The first-order chi connectivity index (χ1) is 12.0. The van der Waals surface area contributed by atoms with Gasteiger partial charge in [0.05, 0.1) is 22.2 Å². The van der Waals surface area contributed by atoms with E-state index < -0.39 is 10.0 Å². The summed E-state index contributed by atoms with van der Waals surface area (Å²) < 4.78 is 33.8. The highest BCUT2D eigenvalue weighted by Crippen LogP contribution is 2.30. The van der Waals surface area contributed by atoms with E-state index in [0.717, 1.165) is 4.70 Å². The van der Waals surface area contributed by atoms with E-state index in [1.165, 1.54) is 17.4 Å². The van der Waals surface area contributed by atoms with Crippen molar-refractivity contribution in [1.29, 1.82) is 0 Å². The summed E-state index contributed by atoms with van der Waals surface area (Å²) in [4.78, 5) is 4.48. The summed E-state index contributed by atoms with van der Waals surface area (Å²) in [5.41, 5.74) is 1.42. The SMILES string of the molecule is C=CCNc1cccc(S(=O)(=O)Nc2nc3ccc(OC)cc3s2)c1. The number of fused-ring (bicyclic) bond motifs is 1. The van der Waals surface area contributed by atoms with Crippen LogP contribution in [-0.2, 0) is 10.0 Å². The fraction of sp³-hybridized carbons (Fsp3) is 0.118. The second kappa shape index (κ2) is 7.12. The van der Waals surface area contributed by atoms with Gasteiger partial charge in [0.25, 0.3) is 10.0 Å². The molecule has 2 aromatic carbocycles. The minimum Gasteiger partial charge on any atom is -0.497 e. The standard InChI is InChI=1S/C17H17N3O3S2/c1-3-9-18-12-5-4-6-14(10-12)25(21,22)20-17-19-15-8-7-13(23-2)11-16(15)24-17/h3-8,10-11,18H,1,9H2,2H3,(H,19,20). The van der Waals surface area contributed by atoms with E-state index in [-0.39, 0.29) is 4.90 Å². The minimum absolute atomic E-state index is 0.165. The van der Waals surface area contributed by atoms with Gasteiger partial charge in [0.1, 0.15) is 5.75 Å². The fourth-order valence-electron chi connectivity index (χ4n) is 2.21. The van der Waals surface area contributed by atoms with Gasteiger partial charge >= 0.3 is 0 Å². The Labute approximate surface area is 150 Å². The molecule has 0 radical (unpaired) electrons. The summed E-state index contributed by atoms with van der Waals surface area (Å²) in [5, 5.41) is 3.38. The Morgan fingerprint density at radius 1 is 1.28 bits per heavy atom. The van der Waals surface area contributed by atoms with E-state index in [9.17, 15) is 8.42 Å². The molecule has 0 unspecified atom stereocenters. The van der Waals surface area contributed by atoms with E-state index in [1.54, 1.807) is 43.5 Å². The lowest BCUT2D eigenvalue weighted by Crippen LogP contribution is -2.13. The molecular weight excluding hydrogens is 358 g/mol. The zero-order chi connectivity index (χ0) is 17.9. The van der Waals surface area contributed by atoms with Gasteiger partial charge in [-0.25, -0.2) is 13.4 Å². The first-order valence-electron chi connectivity index (χ1n) is 7.44. The summed E-state index contributed by atoms with van der Waals surface area (Å²) >= 11 is 1.26.